The molecule has 4 atom stereocenters. The van der Waals surface area contributed by atoms with E-state index >= 15 is 0 Å². The molecule has 4 heteroatoms. The normalized spacial score (nSPS) is 26.2. The number of ether oxygens (including phenoxy) is 1. The van der Waals surface area contributed by atoms with Gasteiger partial charge in [-0.15, -0.1) is 11.6 Å². The first-order valence-electron chi connectivity index (χ1n) is 7.92. The number of nitrogens with one attached hydrogen (secondary N) is 1. The molecule has 0 radical (unpaired) electrons. The highest BCUT2D eigenvalue weighted by Gasteiger charge is 2.47. The first-order chi connectivity index (χ1) is 11.0. The summed E-state index contributed by atoms with van der Waals surface area (Å²) >= 11 is 6.76. The Morgan fingerprint density at radius 3 is 1.87 bits per heavy atom. The maximum Gasteiger partial charge on any atom is 0.135 e. The van der Waals surface area contributed by atoms with E-state index in [0.29, 0.717) is 0 Å². The van der Waals surface area contributed by atoms with Crippen LogP contribution in [0.15, 0.2) is 60.7 Å². The first kappa shape index (κ1) is 16.5. The summed E-state index contributed by atoms with van der Waals surface area (Å²) in [6.45, 7) is 4.06. The van der Waals surface area contributed by atoms with Gasteiger partial charge in [0.2, 0.25) is 0 Å². The molecule has 1 saturated heterocycles. The predicted octanol–water partition coefficient (Wildman–Crippen LogP) is 3.25. The van der Waals surface area contributed by atoms with E-state index < -0.39 is 17.2 Å². The van der Waals surface area contributed by atoms with E-state index in [4.69, 9.17) is 16.3 Å². The molecule has 1 aliphatic rings. The molecular formula is C19H22ClNO2. The van der Waals surface area contributed by atoms with E-state index in [2.05, 4.69) is 12.2 Å². The van der Waals surface area contributed by atoms with Crippen LogP contribution < -0.4 is 5.32 Å². The molecule has 2 aromatic rings. The van der Waals surface area contributed by atoms with Crippen LogP contribution in [0.25, 0.3) is 0 Å². The van der Waals surface area contributed by atoms with Crippen molar-refractivity contribution in [2.45, 2.75) is 43.2 Å². The summed E-state index contributed by atoms with van der Waals surface area (Å²) in [5, 5.41) is 14.3. The van der Waals surface area contributed by atoms with E-state index in [1.165, 1.54) is 0 Å². The molecule has 0 spiro atoms. The van der Waals surface area contributed by atoms with Gasteiger partial charge in [-0.1, -0.05) is 60.7 Å². The second-order valence-corrected chi connectivity index (χ2v) is 6.59. The minimum atomic E-state index is -1.34. The molecule has 1 unspecified atom stereocenters. The van der Waals surface area contributed by atoms with Crippen molar-refractivity contribution in [1.82, 2.24) is 5.32 Å². The zero-order chi connectivity index (χ0) is 16.4. The van der Waals surface area contributed by atoms with Crippen LogP contribution in [0.5, 0.6) is 0 Å². The van der Waals surface area contributed by atoms with Crippen LogP contribution in [0.2, 0.25) is 0 Å². The number of aliphatic hydroxyl groups is 1. The highest BCUT2D eigenvalue weighted by Crippen LogP contribution is 2.39. The molecule has 23 heavy (non-hydrogen) atoms. The van der Waals surface area contributed by atoms with Crippen molar-refractivity contribution in [3.63, 3.8) is 0 Å². The minimum Gasteiger partial charge on any atom is -0.379 e. The second kappa shape index (κ2) is 6.62. The van der Waals surface area contributed by atoms with Gasteiger partial charge in [-0.05, 0) is 25.0 Å². The quantitative estimate of drug-likeness (QED) is 0.845. The van der Waals surface area contributed by atoms with Crippen molar-refractivity contribution in [1.29, 1.82) is 0 Å². The predicted molar refractivity (Wildman–Crippen MR) is 92.5 cm³/mol. The SMILES string of the molecule is CC1N[C@@H]([C@H](Cl)C(O)(c2ccccc2)c2ccccc2)O[C@@H]1C. The summed E-state index contributed by atoms with van der Waals surface area (Å²) < 4.78 is 5.92. The maximum absolute atomic E-state index is 11.6. The molecule has 1 fully saturated rings. The van der Waals surface area contributed by atoms with Crippen LogP contribution in [-0.4, -0.2) is 28.9 Å². The van der Waals surface area contributed by atoms with Crippen LogP contribution in [0.1, 0.15) is 25.0 Å². The lowest BCUT2D eigenvalue weighted by Gasteiger charge is -2.36. The Morgan fingerprint density at radius 2 is 1.48 bits per heavy atom. The number of benzene rings is 2. The van der Waals surface area contributed by atoms with Gasteiger partial charge in [-0.2, -0.15) is 0 Å². The molecule has 122 valence electrons. The van der Waals surface area contributed by atoms with Crippen molar-refractivity contribution >= 4 is 11.6 Å². The fourth-order valence-corrected chi connectivity index (χ4v) is 3.41. The number of halogens is 1. The topological polar surface area (TPSA) is 41.5 Å². The molecule has 2 aromatic carbocycles. The third kappa shape index (κ3) is 3.02. The Hall–Kier alpha value is -1.39. The van der Waals surface area contributed by atoms with Gasteiger partial charge in [-0.25, -0.2) is 0 Å². The van der Waals surface area contributed by atoms with Crippen LogP contribution in [0.3, 0.4) is 0 Å². The Labute approximate surface area is 142 Å². The number of hydrogen-bond donors (Lipinski definition) is 2. The van der Waals surface area contributed by atoms with Gasteiger partial charge in [0, 0.05) is 6.04 Å². The third-order valence-corrected chi connectivity index (χ3v) is 5.13. The average molecular weight is 332 g/mol. The van der Waals surface area contributed by atoms with Crippen LogP contribution in [0.4, 0.5) is 0 Å². The zero-order valence-electron chi connectivity index (χ0n) is 13.3. The molecule has 3 nitrogen and oxygen atoms in total. The van der Waals surface area contributed by atoms with Crippen molar-refractivity contribution in [2.24, 2.45) is 0 Å². The van der Waals surface area contributed by atoms with Gasteiger partial charge in [-0.3, -0.25) is 5.32 Å². The monoisotopic (exact) mass is 331 g/mol. The Kier molecular flexibility index (Phi) is 4.74. The lowest BCUT2D eigenvalue weighted by Crippen LogP contribution is -2.49. The maximum atomic E-state index is 11.6. The highest BCUT2D eigenvalue weighted by molar-refractivity contribution is 6.22. The second-order valence-electron chi connectivity index (χ2n) is 6.12. The largest absolute Gasteiger partial charge is 0.379 e. The van der Waals surface area contributed by atoms with E-state index in [1.54, 1.807) is 0 Å². The summed E-state index contributed by atoms with van der Waals surface area (Å²) in [4.78, 5) is 0. The van der Waals surface area contributed by atoms with Gasteiger partial charge in [0.05, 0.1) is 6.10 Å². The van der Waals surface area contributed by atoms with Gasteiger partial charge < -0.3 is 9.84 Å². The third-order valence-electron chi connectivity index (χ3n) is 4.59. The van der Waals surface area contributed by atoms with Crippen molar-refractivity contribution < 1.29 is 9.84 Å². The Morgan fingerprint density at radius 1 is 1.00 bits per heavy atom. The molecule has 3 rings (SSSR count). The molecule has 1 aliphatic heterocycles. The highest BCUT2D eigenvalue weighted by atomic mass is 35.5. The molecule has 0 saturated carbocycles. The van der Waals surface area contributed by atoms with Crippen LogP contribution >= 0.6 is 11.6 Å². The van der Waals surface area contributed by atoms with Gasteiger partial charge >= 0.3 is 0 Å². The summed E-state index contributed by atoms with van der Waals surface area (Å²) in [7, 11) is 0. The first-order valence-corrected chi connectivity index (χ1v) is 8.36. The number of alkyl halides is 1. The molecule has 2 N–H and O–H groups in total. The van der Waals surface area contributed by atoms with Gasteiger partial charge in [0.25, 0.3) is 0 Å². The van der Waals surface area contributed by atoms with E-state index in [-0.39, 0.29) is 12.1 Å². The van der Waals surface area contributed by atoms with Crippen molar-refractivity contribution in [3.8, 4) is 0 Å². The van der Waals surface area contributed by atoms with Gasteiger partial charge in [0.1, 0.15) is 17.2 Å². The molecule has 0 aromatic heterocycles. The smallest absolute Gasteiger partial charge is 0.135 e. The fraction of sp³-hybridized carbons (Fsp3) is 0.368. The summed E-state index contributed by atoms with van der Waals surface area (Å²) in [6, 6.07) is 19.2. The molecule has 0 aliphatic carbocycles. The lowest BCUT2D eigenvalue weighted by atomic mass is 9.82. The number of hydrogen-bond acceptors (Lipinski definition) is 3. The standard InChI is InChI=1S/C19H22ClNO2/c1-13-14(2)23-18(21-13)17(20)19(22,15-9-5-3-6-10-15)16-11-7-4-8-12-16/h3-14,17-18,21-22H,1-2H3/t13?,14-,17+,18-/m1/s1. The van der Waals surface area contributed by atoms with Gasteiger partial charge in [0.15, 0.2) is 0 Å². The van der Waals surface area contributed by atoms with E-state index in [9.17, 15) is 5.11 Å². The average Bonchev–Trinajstić information content (AvgIpc) is 2.94. The van der Waals surface area contributed by atoms with E-state index in [0.717, 1.165) is 11.1 Å². The summed E-state index contributed by atoms with van der Waals surface area (Å²) in [5.74, 6) is 0. The molecule has 0 bridgehead atoms. The fourth-order valence-electron chi connectivity index (χ4n) is 3.03. The Balaban J connectivity index is 2.03. The van der Waals surface area contributed by atoms with Crippen molar-refractivity contribution in [3.05, 3.63) is 71.8 Å². The van der Waals surface area contributed by atoms with E-state index in [1.807, 2.05) is 67.6 Å². The zero-order valence-corrected chi connectivity index (χ0v) is 14.1. The molecular weight excluding hydrogens is 310 g/mol. The number of rotatable bonds is 4. The minimum absolute atomic E-state index is 0.0528. The molecule has 0 amide bonds. The van der Waals surface area contributed by atoms with Crippen molar-refractivity contribution in [2.75, 3.05) is 0 Å². The lowest BCUT2D eigenvalue weighted by molar-refractivity contribution is -0.0163. The van der Waals surface area contributed by atoms with Crippen LogP contribution in [-0.2, 0) is 10.3 Å². The Bertz CT molecular complexity index is 585. The summed E-state index contributed by atoms with van der Waals surface area (Å²) in [6.07, 6.45) is -0.371. The summed E-state index contributed by atoms with van der Waals surface area (Å²) in [5.41, 5.74) is 0.165. The van der Waals surface area contributed by atoms with Crippen LogP contribution in [0, 0.1) is 0 Å². The molecule has 1 heterocycles.